The molecule has 2 amide bonds. The van der Waals surface area contributed by atoms with Crippen molar-refractivity contribution in [2.75, 3.05) is 27.2 Å². The van der Waals surface area contributed by atoms with E-state index in [0.717, 1.165) is 18.4 Å². The van der Waals surface area contributed by atoms with Crippen molar-refractivity contribution >= 4 is 23.2 Å². The average molecular weight is 434 g/mol. The van der Waals surface area contributed by atoms with Crippen LogP contribution in [-0.2, 0) is 11.2 Å². The second-order valence-electron chi connectivity index (χ2n) is 8.40. The predicted octanol–water partition coefficient (Wildman–Crippen LogP) is 4.36. The molecule has 1 atom stereocenters. The molecule has 1 fully saturated rings. The van der Waals surface area contributed by atoms with Crippen molar-refractivity contribution in [2.24, 2.45) is 5.41 Å². The van der Waals surface area contributed by atoms with Gasteiger partial charge in [0.15, 0.2) is 0 Å². The topological polar surface area (TPSA) is 53.5 Å². The molecule has 1 aliphatic heterocycles. The molecule has 3 aromatic rings. The molecule has 1 aromatic carbocycles. The Morgan fingerprint density at radius 1 is 1.13 bits per heavy atom. The molecule has 4 rings (SSSR count). The Morgan fingerprint density at radius 2 is 1.94 bits per heavy atom. The Labute approximate surface area is 187 Å². The van der Waals surface area contributed by atoms with Crippen molar-refractivity contribution in [1.82, 2.24) is 14.8 Å². The van der Waals surface area contributed by atoms with Crippen LogP contribution in [0.1, 0.15) is 28.8 Å². The summed E-state index contributed by atoms with van der Waals surface area (Å²) in [6.07, 6.45) is 5.44. The Bertz CT molecular complexity index is 1030. The van der Waals surface area contributed by atoms with E-state index in [1.165, 1.54) is 10.4 Å². The van der Waals surface area contributed by atoms with Crippen LogP contribution in [0.25, 0.3) is 10.4 Å². The number of benzene rings is 1. The fraction of sp³-hybridized carbons (Fsp3) is 0.320. The number of likely N-dealkylation sites (tertiary alicyclic amines) is 1. The number of carbonyl (C=O) groups excluding carboxylic acids is 2. The van der Waals surface area contributed by atoms with Crippen LogP contribution < -0.4 is 0 Å². The SMILES string of the molecule is CN(C)C(=O)C1(Cc2ccc(-c3cccs3)cc2)CCCN(C(=O)c2cccnc2)C1. The minimum absolute atomic E-state index is 0.0585. The van der Waals surface area contributed by atoms with Crippen molar-refractivity contribution in [3.05, 3.63) is 77.4 Å². The summed E-state index contributed by atoms with van der Waals surface area (Å²) in [6.45, 7) is 1.08. The van der Waals surface area contributed by atoms with E-state index in [-0.39, 0.29) is 11.8 Å². The van der Waals surface area contributed by atoms with E-state index in [1.807, 2.05) is 4.90 Å². The molecule has 1 aliphatic rings. The van der Waals surface area contributed by atoms with E-state index in [0.29, 0.717) is 25.1 Å². The van der Waals surface area contributed by atoms with E-state index in [4.69, 9.17) is 0 Å². The largest absolute Gasteiger partial charge is 0.348 e. The number of thiophene rings is 1. The molecule has 0 spiro atoms. The van der Waals surface area contributed by atoms with Gasteiger partial charge in [0, 0.05) is 44.5 Å². The summed E-state index contributed by atoms with van der Waals surface area (Å²) >= 11 is 1.72. The molecule has 0 bridgehead atoms. The molecule has 1 unspecified atom stereocenters. The lowest BCUT2D eigenvalue weighted by atomic mass is 9.73. The highest BCUT2D eigenvalue weighted by Crippen LogP contribution is 2.36. The molecule has 3 heterocycles. The zero-order chi connectivity index (χ0) is 21.8. The van der Waals surface area contributed by atoms with Crippen molar-refractivity contribution in [3.63, 3.8) is 0 Å². The van der Waals surface area contributed by atoms with E-state index in [1.54, 1.807) is 54.9 Å². The van der Waals surface area contributed by atoms with Gasteiger partial charge in [-0.15, -0.1) is 11.3 Å². The lowest BCUT2D eigenvalue weighted by Gasteiger charge is -2.43. The van der Waals surface area contributed by atoms with Crippen LogP contribution in [-0.4, -0.2) is 53.8 Å². The summed E-state index contributed by atoms with van der Waals surface area (Å²) in [4.78, 5) is 35.2. The molecule has 6 heteroatoms. The molecule has 0 aliphatic carbocycles. The van der Waals surface area contributed by atoms with Crippen LogP contribution in [0, 0.1) is 5.41 Å². The van der Waals surface area contributed by atoms with Gasteiger partial charge in [-0.1, -0.05) is 30.3 Å². The van der Waals surface area contributed by atoms with Crippen molar-refractivity contribution in [3.8, 4) is 10.4 Å². The van der Waals surface area contributed by atoms with E-state index in [2.05, 4.69) is 46.8 Å². The van der Waals surface area contributed by atoms with E-state index >= 15 is 0 Å². The standard InChI is InChI=1S/C25H27N3O2S/c1-27(2)24(30)25(16-19-8-10-20(11-9-19)22-7-4-15-31-22)12-5-14-28(18-25)23(29)21-6-3-13-26-17-21/h3-4,6-11,13,15,17H,5,12,14,16,18H2,1-2H3. The summed E-state index contributed by atoms with van der Waals surface area (Å²) < 4.78 is 0. The number of piperidine rings is 1. The number of nitrogens with zero attached hydrogens (tertiary/aromatic N) is 3. The summed E-state index contributed by atoms with van der Waals surface area (Å²) in [7, 11) is 3.59. The second-order valence-corrected chi connectivity index (χ2v) is 9.35. The van der Waals surface area contributed by atoms with Gasteiger partial charge in [0.2, 0.25) is 5.91 Å². The first-order valence-corrected chi connectivity index (χ1v) is 11.4. The molecule has 160 valence electrons. The zero-order valence-corrected chi connectivity index (χ0v) is 18.8. The molecule has 2 aromatic heterocycles. The average Bonchev–Trinajstić information content (AvgIpc) is 3.34. The Balaban J connectivity index is 1.59. The van der Waals surface area contributed by atoms with Gasteiger partial charge in [0.05, 0.1) is 11.0 Å². The number of hydrogen-bond acceptors (Lipinski definition) is 4. The molecule has 0 radical (unpaired) electrons. The van der Waals surface area contributed by atoms with Crippen molar-refractivity contribution < 1.29 is 9.59 Å². The Morgan fingerprint density at radius 3 is 2.58 bits per heavy atom. The van der Waals surface area contributed by atoms with Gasteiger partial charge in [-0.3, -0.25) is 14.6 Å². The highest BCUT2D eigenvalue weighted by Gasteiger charge is 2.44. The minimum Gasteiger partial charge on any atom is -0.348 e. The Hall–Kier alpha value is -2.99. The smallest absolute Gasteiger partial charge is 0.255 e. The number of hydrogen-bond donors (Lipinski definition) is 0. The second kappa shape index (κ2) is 9.02. The Kier molecular flexibility index (Phi) is 6.18. The lowest BCUT2D eigenvalue weighted by molar-refractivity contribution is -0.142. The van der Waals surface area contributed by atoms with Gasteiger partial charge in [-0.25, -0.2) is 0 Å². The highest BCUT2D eigenvalue weighted by atomic mass is 32.1. The number of pyridine rings is 1. The molecular formula is C25H27N3O2S. The quantitative estimate of drug-likeness (QED) is 0.601. The molecular weight excluding hydrogens is 406 g/mol. The number of aromatic nitrogens is 1. The minimum atomic E-state index is -0.621. The summed E-state index contributed by atoms with van der Waals surface area (Å²) in [5.41, 5.74) is 2.25. The van der Waals surface area contributed by atoms with E-state index in [9.17, 15) is 9.59 Å². The highest BCUT2D eigenvalue weighted by molar-refractivity contribution is 7.13. The zero-order valence-electron chi connectivity index (χ0n) is 18.0. The predicted molar refractivity (Wildman–Crippen MR) is 124 cm³/mol. The third kappa shape index (κ3) is 4.54. The maximum atomic E-state index is 13.4. The van der Waals surface area contributed by atoms with Crippen LogP contribution in [0.3, 0.4) is 0 Å². The molecule has 0 saturated carbocycles. The first-order valence-electron chi connectivity index (χ1n) is 10.5. The number of amides is 2. The van der Waals surface area contributed by atoms with Crippen LogP contribution in [0.5, 0.6) is 0 Å². The van der Waals surface area contributed by atoms with Crippen molar-refractivity contribution in [2.45, 2.75) is 19.3 Å². The monoisotopic (exact) mass is 433 g/mol. The lowest BCUT2D eigenvalue weighted by Crippen LogP contribution is -2.54. The molecule has 31 heavy (non-hydrogen) atoms. The molecule has 1 saturated heterocycles. The van der Waals surface area contributed by atoms with Crippen LogP contribution >= 0.6 is 11.3 Å². The van der Waals surface area contributed by atoms with Gasteiger partial charge in [-0.2, -0.15) is 0 Å². The van der Waals surface area contributed by atoms with Crippen LogP contribution in [0.15, 0.2) is 66.3 Å². The third-order valence-electron chi connectivity index (χ3n) is 5.93. The summed E-state index contributed by atoms with van der Waals surface area (Å²) in [6, 6.07) is 16.2. The fourth-order valence-electron chi connectivity index (χ4n) is 4.47. The van der Waals surface area contributed by atoms with Gasteiger partial charge >= 0.3 is 0 Å². The molecule has 0 N–H and O–H groups in total. The number of rotatable bonds is 5. The molecule has 5 nitrogen and oxygen atoms in total. The first-order chi connectivity index (χ1) is 15.0. The maximum Gasteiger partial charge on any atom is 0.255 e. The number of carbonyl (C=O) groups is 2. The third-order valence-corrected chi connectivity index (χ3v) is 6.85. The van der Waals surface area contributed by atoms with Gasteiger partial charge in [0.1, 0.15) is 0 Å². The van der Waals surface area contributed by atoms with Gasteiger partial charge in [0.25, 0.3) is 5.91 Å². The van der Waals surface area contributed by atoms with Crippen LogP contribution in [0.2, 0.25) is 0 Å². The first kappa shape index (κ1) is 21.2. The maximum absolute atomic E-state index is 13.4. The summed E-state index contributed by atoms with van der Waals surface area (Å²) in [5, 5.41) is 2.07. The van der Waals surface area contributed by atoms with Gasteiger partial charge < -0.3 is 9.80 Å². The van der Waals surface area contributed by atoms with Crippen LogP contribution in [0.4, 0.5) is 0 Å². The fourth-order valence-corrected chi connectivity index (χ4v) is 5.20. The van der Waals surface area contributed by atoms with Gasteiger partial charge in [-0.05, 0) is 54.0 Å². The van der Waals surface area contributed by atoms with Crippen molar-refractivity contribution in [1.29, 1.82) is 0 Å². The normalized spacial score (nSPS) is 18.6. The van der Waals surface area contributed by atoms with E-state index < -0.39 is 5.41 Å². The summed E-state index contributed by atoms with van der Waals surface area (Å²) in [5.74, 6) is 0.0234.